The van der Waals surface area contributed by atoms with E-state index in [-0.39, 0.29) is 23.7 Å². The molecule has 1 aromatic carbocycles. The monoisotopic (exact) mass is 312 g/mol. The summed E-state index contributed by atoms with van der Waals surface area (Å²) in [5.74, 6) is 1.10. The third-order valence-corrected chi connectivity index (χ3v) is 4.01. The Balaban J connectivity index is 0.00000220. The molecule has 4 nitrogen and oxygen atoms in total. The number of hydrogen-bond donors (Lipinski definition) is 1. The highest BCUT2D eigenvalue weighted by molar-refractivity contribution is 5.85. The smallest absolute Gasteiger partial charge is 0.229 e. The van der Waals surface area contributed by atoms with Crippen molar-refractivity contribution in [2.24, 2.45) is 5.41 Å². The summed E-state index contributed by atoms with van der Waals surface area (Å²) < 4.78 is 5.74. The van der Waals surface area contributed by atoms with Gasteiger partial charge in [-0.15, -0.1) is 12.4 Å². The molecule has 0 radical (unpaired) electrons. The normalized spacial score (nSPS) is 20.7. The first-order valence-corrected chi connectivity index (χ1v) is 7.18. The second-order valence-corrected chi connectivity index (χ2v) is 5.83. The number of likely N-dealkylation sites (N-methyl/N-ethyl adjacent to an activating group) is 1. The van der Waals surface area contributed by atoms with E-state index in [1.54, 1.807) is 4.90 Å². The minimum atomic E-state index is -0.253. The van der Waals surface area contributed by atoms with Gasteiger partial charge in [0.25, 0.3) is 0 Å². The molecule has 0 saturated carbocycles. The molecule has 0 spiro atoms. The third-order valence-electron chi connectivity index (χ3n) is 4.01. The highest BCUT2D eigenvalue weighted by Gasteiger charge is 2.37. The van der Waals surface area contributed by atoms with Crippen LogP contribution in [0.15, 0.2) is 24.3 Å². The van der Waals surface area contributed by atoms with E-state index in [9.17, 15) is 4.79 Å². The van der Waals surface area contributed by atoms with Gasteiger partial charge in [0.15, 0.2) is 0 Å². The van der Waals surface area contributed by atoms with Crippen molar-refractivity contribution in [2.75, 3.05) is 33.3 Å². The van der Waals surface area contributed by atoms with Crippen LogP contribution >= 0.6 is 12.4 Å². The highest BCUT2D eigenvalue weighted by atomic mass is 35.5. The topological polar surface area (TPSA) is 41.6 Å². The van der Waals surface area contributed by atoms with E-state index >= 15 is 0 Å². The summed E-state index contributed by atoms with van der Waals surface area (Å²) in [5.41, 5.74) is 0.866. The van der Waals surface area contributed by atoms with Gasteiger partial charge in [0, 0.05) is 13.6 Å². The molecular formula is C16H25ClN2O2. The molecule has 0 bridgehead atoms. The Morgan fingerprint density at radius 1 is 1.43 bits per heavy atom. The number of amides is 1. The number of nitrogens with zero attached hydrogens (tertiary/aromatic N) is 1. The quantitative estimate of drug-likeness (QED) is 0.907. The van der Waals surface area contributed by atoms with Crippen molar-refractivity contribution in [2.45, 2.75) is 20.3 Å². The van der Waals surface area contributed by atoms with Crippen LogP contribution < -0.4 is 10.1 Å². The summed E-state index contributed by atoms with van der Waals surface area (Å²) >= 11 is 0. The molecule has 0 aromatic heterocycles. The second kappa shape index (κ2) is 7.66. The van der Waals surface area contributed by atoms with Crippen molar-refractivity contribution in [1.82, 2.24) is 10.2 Å². The number of hydrogen-bond acceptors (Lipinski definition) is 3. The maximum atomic E-state index is 12.4. The summed E-state index contributed by atoms with van der Waals surface area (Å²) in [5, 5.41) is 3.26. The van der Waals surface area contributed by atoms with E-state index in [2.05, 4.69) is 5.32 Å². The lowest BCUT2D eigenvalue weighted by Gasteiger charge is -2.28. The standard InChI is InChI=1S/C16H24N2O2.ClH/c1-13-6-4-5-7-14(13)20-11-10-18(3)15(19)16(2)8-9-17-12-16;/h4-7,17H,8-12H2,1-3H3;1H. The third kappa shape index (κ3) is 4.35. The Bertz CT molecular complexity index is 473. The number of nitrogens with one attached hydrogen (secondary N) is 1. The summed E-state index contributed by atoms with van der Waals surface area (Å²) in [7, 11) is 1.85. The zero-order valence-corrected chi connectivity index (χ0v) is 13.8. The molecule has 1 saturated heterocycles. The largest absolute Gasteiger partial charge is 0.491 e. The predicted molar refractivity (Wildman–Crippen MR) is 87.2 cm³/mol. The lowest BCUT2D eigenvalue weighted by Crippen LogP contribution is -2.43. The van der Waals surface area contributed by atoms with Crippen LogP contribution in [-0.2, 0) is 4.79 Å². The number of aryl methyl sites for hydroxylation is 1. The zero-order chi connectivity index (χ0) is 14.6. The average molecular weight is 313 g/mol. The summed E-state index contributed by atoms with van der Waals surface area (Å²) in [6.07, 6.45) is 0.912. The van der Waals surface area contributed by atoms with Crippen LogP contribution in [0.2, 0.25) is 0 Å². The van der Waals surface area contributed by atoms with E-state index in [4.69, 9.17) is 4.74 Å². The molecule has 1 aliphatic heterocycles. The first kappa shape index (κ1) is 17.8. The van der Waals surface area contributed by atoms with Crippen LogP contribution in [0.3, 0.4) is 0 Å². The maximum absolute atomic E-state index is 12.4. The van der Waals surface area contributed by atoms with Gasteiger partial charge in [-0.3, -0.25) is 4.79 Å². The minimum Gasteiger partial charge on any atom is -0.491 e. The first-order chi connectivity index (χ1) is 9.53. The molecule has 1 aliphatic rings. The number of ether oxygens (including phenoxy) is 1. The molecule has 2 rings (SSSR count). The molecule has 1 unspecified atom stereocenters. The van der Waals surface area contributed by atoms with E-state index in [0.717, 1.165) is 30.8 Å². The first-order valence-electron chi connectivity index (χ1n) is 7.18. The van der Waals surface area contributed by atoms with Gasteiger partial charge in [-0.25, -0.2) is 0 Å². The van der Waals surface area contributed by atoms with E-state index in [1.165, 1.54) is 0 Å². The number of carbonyl (C=O) groups is 1. The fourth-order valence-corrected chi connectivity index (χ4v) is 2.57. The number of benzene rings is 1. The molecule has 118 valence electrons. The SMILES string of the molecule is Cc1ccccc1OCCN(C)C(=O)C1(C)CCNC1.Cl. The lowest BCUT2D eigenvalue weighted by atomic mass is 9.88. The van der Waals surface area contributed by atoms with Gasteiger partial charge in [0.2, 0.25) is 5.91 Å². The Hall–Kier alpha value is -1.26. The van der Waals surface area contributed by atoms with Gasteiger partial charge in [0.1, 0.15) is 12.4 Å². The zero-order valence-electron chi connectivity index (χ0n) is 13.0. The minimum absolute atomic E-state index is 0. The van der Waals surface area contributed by atoms with Crippen molar-refractivity contribution in [3.8, 4) is 5.75 Å². The van der Waals surface area contributed by atoms with E-state index < -0.39 is 0 Å². The summed E-state index contributed by atoms with van der Waals surface area (Å²) in [6.45, 7) is 6.90. The van der Waals surface area contributed by atoms with E-state index in [1.807, 2.05) is 45.2 Å². The van der Waals surface area contributed by atoms with Gasteiger partial charge < -0.3 is 15.0 Å². The number of carbonyl (C=O) groups excluding carboxylic acids is 1. The molecule has 1 atom stereocenters. The molecule has 1 heterocycles. The van der Waals surface area contributed by atoms with Crippen LogP contribution in [0.5, 0.6) is 5.75 Å². The highest BCUT2D eigenvalue weighted by Crippen LogP contribution is 2.26. The maximum Gasteiger partial charge on any atom is 0.229 e. The van der Waals surface area contributed by atoms with Gasteiger partial charge >= 0.3 is 0 Å². The van der Waals surface area contributed by atoms with Crippen molar-refractivity contribution in [3.63, 3.8) is 0 Å². The van der Waals surface area contributed by atoms with Gasteiger partial charge in [-0.05, 0) is 38.4 Å². The van der Waals surface area contributed by atoms with Crippen LogP contribution in [0.25, 0.3) is 0 Å². The van der Waals surface area contributed by atoms with Crippen LogP contribution in [0.1, 0.15) is 18.9 Å². The van der Waals surface area contributed by atoms with Gasteiger partial charge in [-0.2, -0.15) is 0 Å². The number of para-hydroxylation sites is 1. The molecular weight excluding hydrogens is 288 g/mol. The summed E-state index contributed by atoms with van der Waals surface area (Å²) in [4.78, 5) is 14.2. The molecule has 21 heavy (non-hydrogen) atoms. The van der Waals surface area contributed by atoms with Gasteiger partial charge in [-0.1, -0.05) is 18.2 Å². The summed E-state index contributed by atoms with van der Waals surface area (Å²) in [6, 6.07) is 7.93. The van der Waals surface area contributed by atoms with Crippen LogP contribution in [0, 0.1) is 12.3 Å². The number of halogens is 1. The van der Waals surface area contributed by atoms with Crippen molar-refractivity contribution < 1.29 is 9.53 Å². The Labute approximate surface area is 133 Å². The molecule has 1 N–H and O–H groups in total. The Morgan fingerprint density at radius 3 is 2.76 bits per heavy atom. The predicted octanol–water partition coefficient (Wildman–Crippen LogP) is 2.25. The van der Waals surface area contributed by atoms with Crippen molar-refractivity contribution >= 4 is 18.3 Å². The molecule has 5 heteroatoms. The molecule has 0 aliphatic carbocycles. The average Bonchev–Trinajstić information content (AvgIpc) is 2.88. The Morgan fingerprint density at radius 2 is 2.14 bits per heavy atom. The fourth-order valence-electron chi connectivity index (χ4n) is 2.57. The molecule has 1 fully saturated rings. The molecule has 1 amide bonds. The fraction of sp³-hybridized carbons (Fsp3) is 0.562. The van der Waals surface area contributed by atoms with Crippen molar-refractivity contribution in [1.29, 1.82) is 0 Å². The van der Waals surface area contributed by atoms with Gasteiger partial charge in [0.05, 0.1) is 12.0 Å². The molecule has 1 aromatic rings. The van der Waals surface area contributed by atoms with E-state index in [0.29, 0.717) is 13.2 Å². The second-order valence-electron chi connectivity index (χ2n) is 5.83. The Kier molecular flexibility index (Phi) is 6.49. The number of rotatable bonds is 5. The van der Waals surface area contributed by atoms with Crippen LogP contribution in [0.4, 0.5) is 0 Å². The van der Waals surface area contributed by atoms with Crippen LogP contribution in [-0.4, -0.2) is 44.1 Å². The lowest BCUT2D eigenvalue weighted by molar-refractivity contribution is -0.139. The van der Waals surface area contributed by atoms with Crippen molar-refractivity contribution in [3.05, 3.63) is 29.8 Å².